The molecule has 1 aromatic rings. The minimum absolute atomic E-state index is 0.0784. The molecule has 0 amide bonds. The molecule has 2 bridgehead atoms. The van der Waals surface area contributed by atoms with Crippen molar-refractivity contribution in [1.82, 2.24) is 0 Å². The average Bonchev–Trinajstić information content (AvgIpc) is 2.90. The first-order chi connectivity index (χ1) is 11.3. The average molecular weight is 330 g/mol. The van der Waals surface area contributed by atoms with Crippen LogP contribution in [0.5, 0.6) is 5.75 Å². The van der Waals surface area contributed by atoms with Gasteiger partial charge in [0.1, 0.15) is 11.3 Å². The van der Waals surface area contributed by atoms with Crippen LogP contribution in [0.4, 0.5) is 0 Å². The minimum Gasteiger partial charge on any atom is -0.496 e. The molecular formula is C18H23BO5. The summed E-state index contributed by atoms with van der Waals surface area (Å²) in [7, 11) is 0.953. The molecule has 1 heterocycles. The number of ether oxygens (including phenoxy) is 1. The molecule has 24 heavy (non-hydrogen) atoms. The zero-order valence-corrected chi connectivity index (χ0v) is 14.5. The second-order valence-electron chi connectivity index (χ2n) is 8.07. The van der Waals surface area contributed by atoms with Crippen LogP contribution in [-0.4, -0.2) is 37.0 Å². The summed E-state index contributed by atoms with van der Waals surface area (Å²) in [5.74, 6) is 0.499. The van der Waals surface area contributed by atoms with E-state index in [0.29, 0.717) is 17.6 Å². The number of hydrogen-bond donors (Lipinski definition) is 1. The fraction of sp³-hybridized carbons (Fsp3) is 0.611. The Balaban J connectivity index is 1.64. The van der Waals surface area contributed by atoms with Gasteiger partial charge in [-0.1, -0.05) is 19.9 Å². The summed E-state index contributed by atoms with van der Waals surface area (Å²) in [5, 5.41) is 9.38. The van der Waals surface area contributed by atoms with Crippen molar-refractivity contribution in [3.8, 4) is 5.75 Å². The molecule has 3 aliphatic carbocycles. The molecule has 0 spiro atoms. The molecule has 1 N–H and O–H groups in total. The number of benzene rings is 1. The lowest BCUT2D eigenvalue weighted by atomic mass is 9.43. The first kappa shape index (κ1) is 16.0. The lowest BCUT2D eigenvalue weighted by Gasteiger charge is -2.64. The zero-order valence-electron chi connectivity index (χ0n) is 14.5. The van der Waals surface area contributed by atoms with E-state index in [1.54, 1.807) is 12.1 Å². The van der Waals surface area contributed by atoms with Gasteiger partial charge in [0.25, 0.3) is 0 Å². The zero-order chi connectivity index (χ0) is 17.3. The van der Waals surface area contributed by atoms with Gasteiger partial charge in [0, 0.05) is 0 Å². The van der Waals surface area contributed by atoms with Crippen LogP contribution in [0.1, 0.15) is 44.0 Å². The van der Waals surface area contributed by atoms with E-state index in [9.17, 15) is 9.90 Å². The van der Waals surface area contributed by atoms with E-state index in [-0.39, 0.29) is 22.7 Å². The molecule has 128 valence electrons. The second-order valence-corrected chi connectivity index (χ2v) is 8.07. The predicted molar refractivity (Wildman–Crippen MR) is 89.7 cm³/mol. The highest BCUT2D eigenvalue weighted by atomic mass is 16.7. The van der Waals surface area contributed by atoms with Crippen LogP contribution in [0.15, 0.2) is 18.2 Å². The van der Waals surface area contributed by atoms with Crippen LogP contribution in [0, 0.1) is 17.3 Å². The summed E-state index contributed by atoms with van der Waals surface area (Å²) < 4.78 is 17.7. The number of carboxylic acid groups (broad SMARTS) is 1. The van der Waals surface area contributed by atoms with Gasteiger partial charge < -0.3 is 19.2 Å². The van der Waals surface area contributed by atoms with Crippen molar-refractivity contribution in [2.75, 3.05) is 7.11 Å². The number of methoxy groups -OCH3 is 1. The van der Waals surface area contributed by atoms with E-state index in [0.717, 1.165) is 11.9 Å². The molecule has 0 radical (unpaired) electrons. The van der Waals surface area contributed by atoms with Gasteiger partial charge in [-0.2, -0.15) is 0 Å². The van der Waals surface area contributed by atoms with Crippen molar-refractivity contribution in [1.29, 1.82) is 0 Å². The number of carbonyl (C=O) groups is 1. The molecule has 5 rings (SSSR count). The molecule has 4 fully saturated rings. The summed E-state index contributed by atoms with van der Waals surface area (Å²) in [4.78, 5) is 11.4. The third-order valence-electron chi connectivity index (χ3n) is 6.68. The van der Waals surface area contributed by atoms with Gasteiger partial charge >= 0.3 is 13.1 Å². The molecule has 0 unspecified atom stereocenters. The van der Waals surface area contributed by atoms with E-state index in [1.807, 2.05) is 6.07 Å². The SMILES string of the molecule is COc1ccc(B2O[C@@H]3C[C@@H]4C[C@@H](C4(C)C)[C@]3(C)O2)cc1C(=O)O. The van der Waals surface area contributed by atoms with Crippen molar-refractivity contribution in [2.45, 2.75) is 45.3 Å². The number of hydrogen-bond acceptors (Lipinski definition) is 4. The Morgan fingerprint density at radius 2 is 2.08 bits per heavy atom. The minimum atomic E-state index is -1.02. The first-order valence-electron chi connectivity index (χ1n) is 8.52. The Labute approximate surface area is 142 Å². The molecule has 5 nitrogen and oxygen atoms in total. The quantitative estimate of drug-likeness (QED) is 0.862. The fourth-order valence-corrected chi connectivity index (χ4v) is 5.05. The van der Waals surface area contributed by atoms with Crippen molar-refractivity contribution in [3.63, 3.8) is 0 Å². The summed E-state index contributed by atoms with van der Waals surface area (Å²) in [5.41, 5.74) is 0.854. The normalized spacial score (nSPS) is 36.0. The topological polar surface area (TPSA) is 65.0 Å². The fourth-order valence-electron chi connectivity index (χ4n) is 5.05. The first-order valence-corrected chi connectivity index (χ1v) is 8.52. The molecule has 1 saturated heterocycles. The second kappa shape index (κ2) is 4.99. The van der Waals surface area contributed by atoms with Gasteiger partial charge in [0.05, 0.1) is 18.8 Å². The largest absolute Gasteiger partial charge is 0.496 e. The lowest BCUT2D eigenvalue weighted by molar-refractivity contribution is -0.199. The molecule has 4 aliphatic rings. The van der Waals surface area contributed by atoms with Gasteiger partial charge in [0.15, 0.2) is 0 Å². The molecular weight excluding hydrogens is 307 g/mol. The van der Waals surface area contributed by atoms with Crippen LogP contribution in [0.3, 0.4) is 0 Å². The number of aromatic carboxylic acids is 1. The summed E-state index contributed by atoms with van der Waals surface area (Å²) in [6.07, 6.45) is 2.28. The summed E-state index contributed by atoms with van der Waals surface area (Å²) >= 11 is 0. The Bertz CT molecular complexity index is 703. The van der Waals surface area contributed by atoms with Crippen molar-refractivity contribution in [3.05, 3.63) is 23.8 Å². The van der Waals surface area contributed by atoms with E-state index >= 15 is 0 Å². The van der Waals surface area contributed by atoms with Crippen LogP contribution < -0.4 is 10.2 Å². The Hall–Kier alpha value is -1.53. The van der Waals surface area contributed by atoms with Crippen LogP contribution in [0.25, 0.3) is 0 Å². The third kappa shape index (κ3) is 1.99. The monoisotopic (exact) mass is 330 g/mol. The van der Waals surface area contributed by atoms with Gasteiger partial charge in [-0.05, 0) is 54.6 Å². The van der Waals surface area contributed by atoms with Gasteiger partial charge in [0.2, 0.25) is 0 Å². The van der Waals surface area contributed by atoms with E-state index in [2.05, 4.69) is 20.8 Å². The van der Waals surface area contributed by atoms with Crippen molar-refractivity contribution >= 4 is 18.6 Å². The third-order valence-corrected chi connectivity index (χ3v) is 6.68. The van der Waals surface area contributed by atoms with E-state index < -0.39 is 13.1 Å². The lowest BCUT2D eigenvalue weighted by Crippen LogP contribution is -2.65. The number of rotatable bonds is 3. The predicted octanol–water partition coefficient (Wildman–Crippen LogP) is 2.33. The smallest absolute Gasteiger partial charge is 0.494 e. The van der Waals surface area contributed by atoms with Crippen molar-refractivity contribution in [2.24, 2.45) is 17.3 Å². The van der Waals surface area contributed by atoms with Gasteiger partial charge in [-0.15, -0.1) is 0 Å². The highest BCUT2D eigenvalue weighted by molar-refractivity contribution is 6.62. The van der Waals surface area contributed by atoms with Gasteiger partial charge in [-0.3, -0.25) is 0 Å². The summed E-state index contributed by atoms with van der Waals surface area (Å²) in [6.45, 7) is 6.79. The highest BCUT2D eigenvalue weighted by Gasteiger charge is 2.68. The van der Waals surface area contributed by atoms with Crippen LogP contribution in [0.2, 0.25) is 0 Å². The molecule has 3 saturated carbocycles. The van der Waals surface area contributed by atoms with Gasteiger partial charge in [-0.25, -0.2) is 4.79 Å². The molecule has 1 aromatic carbocycles. The Kier molecular flexibility index (Phi) is 3.32. The van der Waals surface area contributed by atoms with Crippen molar-refractivity contribution < 1.29 is 23.9 Å². The molecule has 0 aromatic heterocycles. The maximum atomic E-state index is 11.4. The van der Waals surface area contributed by atoms with Crippen LogP contribution >= 0.6 is 0 Å². The van der Waals surface area contributed by atoms with E-state index in [4.69, 9.17) is 14.0 Å². The van der Waals surface area contributed by atoms with E-state index in [1.165, 1.54) is 13.5 Å². The maximum Gasteiger partial charge on any atom is 0.494 e. The van der Waals surface area contributed by atoms with Crippen LogP contribution in [-0.2, 0) is 9.31 Å². The standard InChI is InChI=1S/C18H23BO5/c1-17(2)10-7-14(17)18(3)15(8-10)23-19(24-18)11-5-6-13(22-4)12(9-11)16(20)21/h5-6,9-10,14-15H,7-8H2,1-4H3,(H,20,21)/t10-,14-,15+,18-/m0/s1. The molecule has 1 aliphatic heterocycles. The molecule has 6 heteroatoms. The summed E-state index contributed by atoms with van der Waals surface area (Å²) in [6, 6.07) is 5.09. The molecule has 4 atom stereocenters. The Morgan fingerprint density at radius 1 is 1.33 bits per heavy atom. The number of carboxylic acids is 1. The Morgan fingerprint density at radius 3 is 2.71 bits per heavy atom. The maximum absolute atomic E-state index is 11.4. The highest BCUT2D eigenvalue weighted by Crippen LogP contribution is 2.65.